The van der Waals surface area contributed by atoms with Crippen molar-refractivity contribution in [3.8, 4) is 11.5 Å². The third kappa shape index (κ3) is 2.51. The highest BCUT2D eigenvalue weighted by molar-refractivity contribution is 5.45. The van der Waals surface area contributed by atoms with Crippen LogP contribution >= 0.6 is 0 Å². The van der Waals surface area contributed by atoms with Crippen LogP contribution in [0, 0.1) is 20.8 Å². The van der Waals surface area contributed by atoms with E-state index in [0.717, 1.165) is 22.6 Å². The zero-order valence-corrected chi connectivity index (χ0v) is 11.0. The van der Waals surface area contributed by atoms with Crippen LogP contribution in [0.4, 0.5) is 0 Å². The van der Waals surface area contributed by atoms with Crippen molar-refractivity contribution in [3.63, 3.8) is 0 Å². The Morgan fingerprint density at radius 1 is 1.17 bits per heavy atom. The van der Waals surface area contributed by atoms with Crippen molar-refractivity contribution in [1.82, 2.24) is 4.98 Å². The van der Waals surface area contributed by atoms with Crippen LogP contribution in [-0.2, 0) is 6.54 Å². The first-order valence-electron chi connectivity index (χ1n) is 6.00. The molecule has 2 aromatic rings. The highest BCUT2D eigenvalue weighted by Crippen LogP contribution is 2.29. The summed E-state index contributed by atoms with van der Waals surface area (Å²) in [6, 6.07) is 6.04. The molecular weight excluding hydrogens is 224 g/mol. The molecule has 3 heteroatoms. The number of rotatable bonds is 3. The molecule has 0 aliphatic rings. The Kier molecular flexibility index (Phi) is 3.63. The second-order valence-electron chi connectivity index (χ2n) is 4.49. The number of benzene rings is 1. The van der Waals surface area contributed by atoms with Crippen LogP contribution in [0.2, 0.25) is 0 Å². The molecule has 0 amide bonds. The van der Waals surface area contributed by atoms with Crippen LogP contribution in [-0.4, -0.2) is 4.98 Å². The minimum absolute atomic E-state index is 0.424. The molecule has 0 saturated heterocycles. The molecule has 2 N–H and O–H groups in total. The quantitative estimate of drug-likeness (QED) is 0.898. The number of ether oxygens (including phenoxy) is 1. The number of aryl methyl sites for hydroxylation is 2. The minimum atomic E-state index is 0.424. The molecule has 0 fully saturated rings. The van der Waals surface area contributed by atoms with Gasteiger partial charge in [-0.15, -0.1) is 0 Å². The van der Waals surface area contributed by atoms with Gasteiger partial charge >= 0.3 is 0 Å². The molecule has 0 aliphatic carbocycles. The average molecular weight is 242 g/mol. The van der Waals surface area contributed by atoms with E-state index in [4.69, 9.17) is 10.5 Å². The third-order valence-electron chi connectivity index (χ3n) is 3.06. The van der Waals surface area contributed by atoms with Gasteiger partial charge in [0.15, 0.2) is 0 Å². The lowest BCUT2D eigenvalue weighted by atomic mass is 10.1. The van der Waals surface area contributed by atoms with Crippen LogP contribution in [0.25, 0.3) is 0 Å². The molecule has 0 radical (unpaired) electrons. The summed E-state index contributed by atoms with van der Waals surface area (Å²) in [5.74, 6) is 1.66. The van der Waals surface area contributed by atoms with E-state index in [-0.39, 0.29) is 0 Å². The molecule has 0 bridgehead atoms. The monoisotopic (exact) mass is 242 g/mol. The second-order valence-corrected chi connectivity index (χ2v) is 4.49. The van der Waals surface area contributed by atoms with E-state index in [2.05, 4.69) is 31.8 Å². The highest BCUT2D eigenvalue weighted by Gasteiger charge is 2.08. The van der Waals surface area contributed by atoms with Crippen LogP contribution in [0.15, 0.2) is 30.6 Å². The van der Waals surface area contributed by atoms with E-state index in [0.29, 0.717) is 6.54 Å². The van der Waals surface area contributed by atoms with Gasteiger partial charge in [0.2, 0.25) is 0 Å². The minimum Gasteiger partial charge on any atom is -0.457 e. The van der Waals surface area contributed by atoms with E-state index in [1.54, 1.807) is 12.4 Å². The van der Waals surface area contributed by atoms with E-state index in [1.165, 1.54) is 11.1 Å². The van der Waals surface area contributed by atoms with E-state index < -0.39 is 0 Å². The molecule has 1 aromatic heterocycles. The lowest BCUT2D eigenvalue weighted by Crippen LogP contribution is -2.01. The van der Waals surface area contributed by atoms with Gasteiger partial charge in [-0.25, -0.2) is 0 Å². The van der Waals surface area contributed by atoms with Gasteiger partial charge < -0.3 is 10.5 Å². The largest absolute Gasteiger partial charge is 0.457 e. The summed E-state index contributed by atoms with van der Waals surface area (Å²) < 4.78 is 5.97. The Hall–Kier alpha value is -1.87. The first-order chi connectivity index (χ1) is 8.61. The first-order valence-corrected chi connectivity index (χ1v) is 6.00. The number of hydrogen-bond acceptors (Lipinski definition) is 3. The topological polar surface area (TPSA) is 48.1 Å². The standard InChI is InChI=1S/C15H18N2O/c1-10-6-11(2)12(3)15(7-10)18-14-4-5-17-9-13(14)8-16/h4-7,9H,8,16H2,1-3H3. The molecule has 1 aromatic carbocycles. The van der Waals surface area contributed by atoms with Crippen LogP contribution in [0.3, 0.4) is 0 Å². The van der Waals surface area contributed by atoms with Crippen molar-refractivity contribution in [1.29, 1.82) is 0 Å². The fourth-order valence-electron chi connectivity index (χ4n) is 1.89. The maximum Gasteiger partial charge on any atom is 0.135 e. The summed E-state index contributed by atoms with van der Waals surface area (Å²) in [5, 5.41) is 0. The smallest absolute Gasteiger partial charge is 0.135 e. The van der Waals surface area contributed by atoms with E-state index in [9.17, 15) is 0 Å². The molecule has 0 atom stereocenters. The molecule has 94 valence electrons. The Morgan fingerprint density at radius 3 is 2.67 bits per heavy atom. The first kappa shape index (κ1) is 12.6. The molecule has 0 aliphatic heterocycles. The third-order valence-corrected chi connectivity index (χ3v) is 3.06. The van der Waals surface area contributed by atoms with Gasteiger partial charge in [0, 0.05) is 24.5 Å². The van der Waals surface area contributed by atoms with E-state index >= 15 is 0 Å². The molecule has 1 heterocycles. The summed E-state index contributed by atoms with van der Waals surface area (Å²) in [5.41, 5.74) is 10.2. The van der Waals surface area contributed by atoms with Gasteiger partial charge in [-0.3, -0.25) is 4.98 Å². The Morgan fingerprint density at radius 2 is 1.94 bits per heavy atom. The van der Waals surface area contributed by atoms with Gasteiger partial charge in [0.05, 0.1) is 0 Å². The lowest BCUT2D eigenvalue weighted by molar-refractivity contribution is 0.471. The lowest BCUT2D eigenvalue weighted by Gasteiger charge is -2.14. The number of aromatic nitrogens is 1. The fourth-order valence-corrected chi connectivity index (χ4v) is 1.89. The van der Waals surface area contributed by atoms with Crippen molar-refractivity contribution in [2.75, 3.05) is 0 Å². The normalized spacial score (nSPS) is 10.4. The van der Waals surface area contributed by atoms with Gasteiger partial charge in [0.1, 0.15) is 11.5 Å². The van der Waals surface area contributed by atoms with Crippen LogP contribution in [0.1, 0.15) is 22.3 Å². The highest BCUT2D eigenvalue weighted by atomic mass is 16.5. The van der Waals surface area contributed by atoms with Gasteiger partial charge in [-0.2, -0.15) is 0 Å². The predicted molar refractivity (Wildman–Crippen MR) is 72.9 cm³/mol. The number of pyridine rings is 1. The van der Waals surface area contributed by atoms with Gasteiger partial charge in [-0.05, 0) is 49.6 Å². The fraction of sp³-hybridized carbons (Fsp3) is 0.267. The zero-order valence-electron chi connectivity index (χ0n) is 11.0. The van der Waals surface area contributed by atoms with Crippen molar-refractivity contribution in [2.45, 2.75) is 27.3 Å². The number of hydrogen-bond donors (Lipinski definition) is 1. The van der Waals surface area contributed by atoms with Crippen LogP contribution in [0.5, 0.6) is 11.5 Å². The Balaban J connectivity index is 2.40. The summed E-state index contributed by atoms with van der Waals surface area (Å²) in [6.07, 6.45) is 3.46. The Bertz CT molecular complexity index is 564. The van der Waals surface area contributed by atoms with Crippen molar-refractivity contribution < 1.29 is 4.74 Å². The number of nitrogens with zero attached hydrogens (tertiary/aromatic N) is 1. The molecular formula is C15H18N2O. The van der Waals surface area contributed by atoms with Crippen molar-refractivity contribution in [2.24, 2.45) is 5.73 Å². The van der Waals surface area contributed by atoms with E-state index in [1.807, 2.05) is 12.1 Å². The zero-order chi connectivity index (χ0) is 13.1. The average Bonchev–Trinajstić information content (AvgIpc) is 2.36. The maximum absolute atomic E-state index is 5.97. The van der Waals surface area contributed by atoms with Crippen LogP contribution < -0.4 is 10.5 Å². The van der Waals surface area contributed by atoms with Crippen molar-refractivity contribution >= 4 is 0 Å². The predicted octanol–water partition coefficient (Wildman–Crippen LogP) is 3.26. The molecule has 3 nitrogen and oxygen atoms in total. The molecule has 0 spiro atoms. The maximum atomic E-state index is 5.97. The molecule has 2 rings (SSSR count). The SMILES string of the molecule is Cc1cc(C)c(C)c(Oc2ccncc2CN)c1. The van der Waals surface area contributed by atoms with Gasteiger partial charge in [-0.1, -0.05) is 6.07 Å². The summed E-state index contributed by atoms with van der Waals surface area (Å²) in [7, 11) is 0. The molecule has 0 saturated carbocycles. The molecule has 18 heavy (non-hydrogen) atoms. The summed E-state index contributed by atoms with van der Waals surface area (Å²) >= 11 is 0. The second kappa shape index (κ2) is 5.19. The Labute approximate surface area is 108 Å². The summed E-state index contributed by atoms with van der Waals surface area (Å²) in [4.78, 5) is 4.06. The number of nitrogens with two attached hydrogens (primary N) is 1. The molecule has 0 unspecified atom stereocenters. The van der Waals surface area contributed by atoms with Crippen molar-refractivity contribution in [3.05, 3.63) is 52.8 Å². The summed E-state index contributed by atoms with van der Waals surface area (Å²) in [6.45, 7) is 6.64. The van der Waals surface area contributed by atoms with Gasteiger partial charge in [0.25, 0.3) is 0 Å².